The number of hydrogen-bond acceptors (Lipinski definition) is 10. The van der Waals surface area contributed by atoms with Gasteiger partial charge in [0.15, 0.2) is 11.2 Å². The molecule has 1 unspecified atom stereocenters. The summed E-state index contributed by atoms with van der Waals surface area (Å²) in [5.41, 5.74) is 3.22. The Hall–Kier alpha value is -4.30. The number of H-pyrrole nitrogens is 1. The van der Waals surface area contributed by atoms with Gasteiger partial charge in [-0.25, -0.2) is 20.6 Å². The molecule has 0 spiro atoms. The van der Waals surface area contributed by atoms with Crippen LogP contribution in [0.5, 0.6) is 0 Å². The Balaban J connectivity index is 0.00000408. The number of anilines is 2. The van der Waals surface area contributed by atoms with Crippen LogP contribution in [0.25, 0.3) is 11.2 Å². The highest BCUT2D eigenvalue weighted by molar-refractivity contribution is 5.96. The summed E-state index contributed by atoms with van der Waals surface area (Å²) in [5.74, 6) is 2.18. The zero-order valence-corrected chi connectivity index (χ0v) is 18.3. The Bertz CT molecular complexity index is 1250. The molecule has 8 N–H and O–H groups in total. The predicted molar refractivity (Wildman–Crippen MR) is 123 cm³/mol. The first-order chi connectivity index (χ1) is 15.8. The number of carboxylic acid groups (broad SMARTS) is 2. The highest BCUT2D eigenvalue weighted by Gasteiger charge is 2.21. The minimum absolute atomic E-state index is 0. The summed E-state index contributed by atoms with van der Waals surface area (Å²) >= 11 is 0. The molecule has 2 heterocycles. The Morgan fingerprint density at radius 1 is 1.12 bits per heavy atom. The van der Waals surface area contributed by atoms with Gasteiger partial charge in [-0.2, -0.15) is 4.98 Å². The van der Waals surface area contributed by atoms with Crippen LogP contribution in [0.4, 0.5) is 11.6 Å². The molecule has 0 aliphatic heterocycles. The lowest BCUT2D eigenvalue weighted by atomic mass is 10.1. The third-order valence-electron chi connectivity index (χ3n) is 4.48. The Kier molecular flexibility index (Phi) is 8.80. The minimum atomic E-state index is -1.32. The van der Waals surface area contributed by atoms with Crippen molar-refractivity contribution in [3.63, 3.8) is 0 Å². The van der Waals surface area contributed by atoms with Crippen molar-refractivity contribution in [2.75, 3.05) is 10.7 Å². The van der Waals surface area contributed by atoms with Gasteiger partial charge in [-0.05, 0) is 30.7 Å². The van der Waals surface area contributed by atoms with E-state index in [1.54, 1.807) is 12.1 Å². The summed E-state index contributed by atoms with van der Waals surface area (Å²) in [6.07, 6.45) is 0.836. The van der Waals surface area contributed by atoms with Gasteiger partial charge in [-0.1, -0.05) is 0 Å². The number of nitrogens with zero attached hydrogens (tertiary/aromatic N) is 3. The van der Waals surface area contributed by atoms with E-state index in [9.17, 15) is 19.2 Å². The normalized spacial score (nSPS) is 11.2. The van der Waals surface area contributed by atoms with Crippen LogP contribution in [-0.4, -0.2) is 54.0 Å². The number of aromatic nitrogens is 4. The quantitative estimate of drug-likeness (QED) is 0.147. The molecule has 0 radical (unpaired) electrons. The van der Waals surface area contributed by atoms with Crippen molar-refractivity contribution in [3.8, 4) is 0 Å². The largest absolute Gasteiger partial charge is 0.481 e. The lowest BCUT2D eigenvalue weighted by molar-refractivity contribution is -0.140. The molecule has 15 heteroatoms. The molecule has 0 saturated carbocycles. The number of hydrazine groups is 1. The van der Waals surface area contributed by atoms with E-state index in [0.717, 1.165) is 0 Å². The monoisotopic (exact) mass is 492 g/mol. The maximum absolute atomic E-state index is 12.3. The standard InChI is InChI=1S/C19H20N8O6.ClH/c20-27-19-25-15-14(17(31)26-19)23-11(8-22-15)7-21-10-3-1-9(2-4-10)16(30)24-12(18(32)33)5-6-13(28)29;/h1-4,8,12,21H,5-7,20H2,(H,24,30)(H,28,29)(H,32,33)(H2,22,25,26,27,31);1H. The van der Waals surface area contributed by atoms with Crippen LogP contribution in [0.1, 0.15) is 28.9 Å². The first-order valence-corrected chi connectivity index (χ1v) is 9.58. The van der Waals surface area contributed by atoms with Crippen molar-refractivity contribution in [2.45, 2.75) is 25.4 Å². The average molecular weight is 493 g/mol. The fraction of sp³-hybridized carbons (Fsp3) is 0.211. The van der Waals surface area contributed by atoms with Crippen LogP contribution in [0, 0.1) is 0 Å². The minimum Gasteiger partial charge on any atom is -0.481 e. The fourth-order valence-electron chi connectivity index (χ4n) is 2.81. The second kappa shape index (κ2) is 11.5. The van der Waals surface area contributed by atoms with E-state index >= 15 is 0 Å². The van der Waals surface area contributed by atoms with Crippen molar-refractivity contribution < 1.29 is 24.6 Å². The average Bonchev–Trinajstić information content (AvgIpc) is 2.80. The molecular formula is C19H21ClN8O6. The number of nitrogens with one attached hydrogen (secondary N) is 4. The van der Waals surface area contributed by atoms with Crippen molar-refractivity contribution in [1.29, 1.82) is 0 Å². The summed E-state index contributed by atoms with van der Waals surface area (Å²) in [4.78, 5) is 61.0. The van der Waals surface area contributed by atoms with E-state index in [1.165, 1.54) is 18.3 Å². The number of aliphatic carboxylic acids is 2. The lowest BCUT2D eigenvalue weighted by Gasteiger charge is -2.14. The van der Waals surface area contributed by atoms with Crippen molar-refractivity contribution >= 4 is 53.1 Å². The number of nitrogen functional groups attached to an aromatic ring is 1. The zero-order chi connectivity index (χ0) is 24.0. The van der Waals surface area contributed by atoms with Crippen molar-refractivity contribution in [1.82, 2.24) is 25.3 Å². The van der Waals surface area contributed by atoms with Gasteiger partial charge >= 0.3 is 11.9 Å². The van der Waals surface area contributed by atoms with Crippen LogP contribution in [0.2, 0.25) is 0 Å². The number of amides is 1. The van der Waals surface area contributed by atoms with Gasteiger partial charge in [-0.3, -0.25) is 24.8 Å². The first kappa shape index (κ1) is 26.0. The number of aromatic amines is 1. The predicted octanol–water partition coefficient (Wildman–Crippen LogP) is 0.0804. The summed E-state index contributed by atoms with van der Waals surface area (Å²) in [5, 5.41) is 23.2. The molecule has 0 fully saturated rings. The number of benzene rings is 1. The number of hydrogen-bond donors (Lipinski definition) is 7. The molecule has 1 amide bonds. The van der Waals surface area contributed by atoms with Gasteiger partial charge in [0.1, 0.15) is 6.04 Å². The molecule has 0 bridgehead atoms. The summed E-state index contributed by atoms with van der Waals surface area (Å²) < 4.78 is 0. The number of rotatable bonds is 10. The second-order valence-corrected chi connectivity index (χ2v) is 6.82. The van der Waals surface area contributed by atoms with Crippen molar-refractivity contribution in [3.05, 3.63) is 52.1 Å². The van der Waals surface area contributed by atoms with Gasteiger partial charge in [0.2, 0.25) is 5.95 Å². The van der Waals surface area contributed by atoms with Gasteiger partial charge in [-0.15, -0.1) is 12.4 Å². The van der Waals surface area contributed by atoms with Crippen LogP contribution >= 0.6 is 12.4 Å². The van der Waals surface area contributed by atoms with Crippen molar-refractivity contribution in [2.24, 2.45) is 5.84 Å². The third-order valence-corrected chi connectivity index (χ3v) is 4.48. The molecule has 2 aromatic heterocycles. The summed E-state index contributed by atoms with van der Waals surface area (Å²) in [6.45, 7) is 0.223. The number of fused-ring (bicyclic) bond motifs is 1. The molecule has 14 nitrogen and oxygen atoms in total. The van der Waals surface area contributed by atoms with E-state index in [2.05, 4.69) is 36.0 Å². The van der Waals surface area contributed by atoms with Crippen LogP contribution in [-0.2, 0) is 16.1 Å². The third kappa shape index (κ3) is 6.60. The molecule has 3 rings (SSSR count). The molecule has 0 aliphatic carbocycles. The maximum atomic E-state index is 12.3. The van der Waals surface area contributed by atoms with Crippen LogP contribution < -0.4 is 27.5 Å². The molecule has 180 valence electrons. The Morgan fingerprint density at radius 3 is 2.44 bits per heavy atom. The molecule has 3 aromatic rings. The Labute approximate surface area is 197 Å². The van der Waals surface area contributed by atoms with Gasteiger partial charge in [0.25, 0.3) is 11.5 Å². The zero-order valence-electron chi connectivity index (χ0n) is 17.4. The number of halogens is 1. The highest BCUT2D eigenvalue weighted by atomic mass is 35.5. The topological polar surface area (TPSA) is 225 Å². The van der Waals surface area contributed by atoms with Gasteiger partial charge in [0.05, 0.1) is 18.4 Å². The van der Waals surface area contributed by atoms with E-state index in [1.807, 2.05) is 0 Å². The van der Waals surface area contributed by atoms with Gasteiger partial charge in [0, 0.05) is 17.7 Å². The summed E-state index contributed by atoms with van der Waals surface area (Å²) in [7, 11) is 0. The number of carbonyl (C=O) groups excluding carboxylic acids is 1. The SMILES string of the molecule is Cl.NNc1nc2ncc(CNc3ccc(C(=O)NC(CCC(=O)O)C(=O)O)cc3)nc2c(=O)[nH]1. The van der Waals surface area contributed by atoms with Gasteiger partial charge < -0.3 is 20.8 Å². The smallest absolute Gasteiger partial charge is 0.326 e. The molecule has 1 atom stereocenters. The van der Waals surface area contributed by atoms with E-state index in [-0.39, 0.29) is 54.5 Å². The Morgan fingerprint density at radius 2 is 1.82 bits per heavy atom. The first-order valence-electron chi connectivity index (χ1n) is 9.58. The van der Waals surface area contributed by atoms with Crippen LogP contribution in [0.15, 0.2) is 35.3 Å². The maximum Gasteiger partial charge on any atom is 0.326 e. The second-order valence-electron chi connectivity index (χ2n) is 6.82. The lowest BCUT2D eigenvalue weighted by Crippen LogP contribution is -2.41. The van der Waals surface area contributed by atoms with E-state index in [0.29, 0.717) is 11.4 Å². The van der Waals surface area contributed by atoms with E-state index < -0.39 is 29.4 Å². The van der Waals surface area contributed by atoms with E-state index in [4.69, 9.17) is 16.1 Å². The number of carboxylic acids is 2. The fourth-order valence-corrected chi connectivity index (χ4v) is 2.81. The molecule has 34 heavy (non-hydrogen) atoms. The molecule has 0 saturated heterocycles. The number of carbonyl (C=O) groups is 3. The highest BCUT2D eigenvalue weighted by Crippen LogP contribution is 2.12. The summed E-state index contributed by atoms with van der Waals surface area (Å²) in [6, 6.07) is 4.85. The molecule has 0 aliphatic rings. The van der Waals surface area contributed by atoms with Crippen LogP contribution in [0.3, 0.4) is 0 Å². The molecular weight excluding hydrogens is 472 g/mol. The molecule has 1 aromatic carbocycles. The number of nitrogens with two attached hydrogens (primary N) is 1.